The molecule has 2 aromatic heterocycles. The Bertz CT molecular complexity index is 539. The topological polar surface area (TPSA) is 77.1 Å². The van der Waals surface area contributed by atoms with E-state index < -0.39 is 0 Å². The highest BCUT2D eigenvalue weighted by atomic mass is 16.8. The summed E-state index contributed by atoms with van der Waals surface area (Å²) in [5.41, 5.74) is 2.46. The fourth-order valence-corrected chi connectivity index (χ4v) is 2.37. The number of hydrogen-bond acceptors (Lipinski definition) is 5. The third-order valence-electron chi connectivity index (χ3n) is 3.56. The van der Waals surface area contributed by atoms with Crippen molar-refractivity contribution in [2.45, 2.75) is 38.6 Å². The van der Waals surface area contributed by atoms with E-state index in [1.165, 1.54) is 0 Å². The van der Waals surface area contributed by atoms with E-state index in [0.717, 1.165) is 19.3 Å². The van der Waals surface area contributed by atoms with Crippen molar-refractivity contribution in [1.82, 2.24) is 10.4 Å². The molecule has 0 bridgehead atoms. The first-order chi connectivity index (χ1) is 11.3. The van der Waals surface area contributed by atoms with E-state index in [0.29, 0.717) is 31.2 Å². The van der Waals surface area contributed by atoms with Crippen LogP contribution in [0.3, 0.4) is 0 Å². The summed E-state index contributed by atoms with van der Waals surface area (Å²) in [5.74, 6) is 1.36. The highest BCUT2D eigenvalue weighted by molar-refractivity contribution is 5.72. The zero-order valence-electron chi connectivity index (χ0n) is 12.8. The molecule has 1 atom stereocenters. The summed E-state index contributed by atoms with van der Waals surface area (Å²) in [6.45, 7) is 1.28. The van der Waals surface area contributed by atoms with Gasteiger partial charge in [-0.1, -0.05) is 0 Å². The van der Waals surface area contributed by atoms with E-state index in [1.54, 1.807) is 29.6 Å². The van der Waals surface area contributed by atoms with Crippen LogP contribution in [-0.2, 0) is 22.7 Å². The van der Waals surface area contributed by atoms with Crippen molar-refractivity contribution < 1.29 is 23.2 Å². The zero-order chi connectivity index (χ0) is 15.9. The number of nitrogens with zero attached hydrogens (tertiary/aromatic N) is 1. The first-order valence-electron chi connectivity index (χ1n) is 7.68. The van der Waals surface area contributed by atoms with Crippen molar-refractivity contribution >= 4 is 6.03 Å². The standard InChI is InChI=1S/C16H20N2O5/c19-16(17-23-15-7-1-2-8-22-15)18(11-13-5-3-9-20-13)12-14-6-4-10-21-14/h3-6,9-10,15H,1-2,7-8,11-12H2,(H,17,19)/t15-/m0/s1. The normalized spacial score (nSPS) is 17.8. The molecule has 3 heterocycles. The fourth-order valence-electron chi connectivity index (χ4n) is 2.37. The zero-order valence-corrected chi connectivity index (χ0v) is 12.8. The van der Waals surface area contributed by atoms with Gasteiger partial charge in [0.05, 0.1) is 25.6 Å². The van der Waals surface area contributed by atoms with Crippen LogP contribution in [0.15, 0.2) is 45.6 Å². The molecule has 2 aromatic rings. The van der Waals surface area contributed by atoms with Crippen molar-refractivity contribution in [3.63, 3.8) is 0 Å². The average Bonchev–Trinajstić information content (AvgIpc) is 3.27. The number of ether oxygens (including phenoxy) is 1. The lowest BCUT2D eigenvalue weighted by Gasteiger charge is -2.25. The maximum atomic E-state index is 12.4. The molecule has 124 valence electrons. The lowest BCUT2D eigenvalue weighted by Crippen LogP contribution is -2.41. The molecular weight excluding hydrogens is 300 g/mol. The summed E-state index contributed by atoms with van der Waals surface area (Å²) in [5, 5.41) is 0. The molecule has 0 radical (unpaired) electrons. The van der Waals surface area contributed by atoms with Gasteiger partial charge in [-0.05, 0) is 37.1 Å². The minimum Gasteiger partial charge on any atom is -0.467 e. The van der Waals surface area contributed by atoms with Crippen LogP contribution in [0.4, 0.5) is 4.79 Å². The molecule has 23 heavy (non-hydrogen) atoms. The molecule has 1 saturated heterocycles. The van der Waals surface area contributed by atoms with Gasteiger partial charge in [0.25, 0.3) is 0 Å². The average molecular weight is 320 g/mol. The van der Waals surface area contributed by atoms with E-state index in [9.17, 15) is 4.79 Å². The number of carbonyl (C=O) groups is 1. The molecule has 2 amide bonds. The maximum absolute atomic E-state index is 12.4. The fraction of sp³-hybridized carbons (Fsp3) is 0.438. The second kappa shape index (κ2) is 7.85. The quantitative estimate of drug-likeness (QED) is 0.828. The molecule has 0 aliphatic carbocycles. The van der Waals surface area contributed by atoms with Crippen LogP contribution in [0.2, 0.25) is 0 Å². The van der Waals surface area contributed by atoms with Gasteiger partial charge in [0.15, 0.2) is 6.29 Å². The number of furan rings is 2. The third kappa shape index (κ3) is 4.61. The summed E-state index contributed by atoms with van der Waals surface area (Å²) < 4.78 is 16.0. The number of carbonyl (C=O) groups excluding carboxylic acids is 1. The van der Waals surface area contributed by atoms with Crippen molar-refractivity contribution in [3.05, 3.63) is 48.3 Å². The molecule has 1 fully saturated rings. The molecule has 1 aliphatic rings. The molecule has 1 N–H and O–H groups in total. The van der Waals surface area contributed by atoms with Gasteiger partial charge in [-0.3, -0.25) is 0 Å². The van der Waals surface area contributed by atoms with E-state index in [1.807, 2.05) is 12.1 Å². The van der Waals surface area contributed by atoms with Gasteiger partial charge in [-0.15, -0.1) is 0 Å². The van der Waals surface area contributed by atoms with Gasteiger partial charge < -0.3 is 18.5 Å². The lowest BCUT2D eigenvalue weighted by atomic mass is 10.2. The number of urea groups is 1. The van der Waals surface area contributed by atoms with Gasteiger partial charge in [0.1, 0.15) is 11.5 Å². The predicted molar refractivity (Wildman–Crippen MR) is 79.9 cm³/mol. The van der Waals surface area contributed by atoms with Crippen LogP contribution < -0.4 is 5.48 Å². The highest BCUT2D eigenvalue weighted by Crippen LogP contribution is 2.14. The molecular formula is C16H20N2O5. The predicted octanol–water partition coefficient (Wildman–Crippen LogP) is 3.04. The largest absolute Gasteiger partial charge is 0.467 e. The molecule has 0 aromatic carbocycles. The molecule has 0 saturated carbocycles. The molecule has 0 spiro atoms. The van der Waals surface area contributed by atoms with Crippen molar-refractivity contribution in [2.24, 2.45) is 0 Å². The lowest BCUT2D eigenvalue weighted by molar-refractivity contribution is -0.187. The van der Waals surface area contributed by atoms with Crippen molar-refractivity contribution in [3.8, 4) is 0 Å². The van der Waals surface area contributed by atoms with Gasteiger partial charge in [-0.25, -0.2) is 15.1 Å². The number of rotatable bonds is 6. The van der Waals surface area contributed by atoms with Crippen LogP contribution in [0, 0.1) is 0 Å². The Balaban J connectivity index is 1.57. The molecule has 1 aliphatic heterocycles. The summed E-state index contributed by atoms with van der Waals surface area (Å²) >= 11 is 0. The van der Waals surface area contributed by atoms with Crippen molar-refractivity contribution in [1.29, 1.82) is 0 Å². The van der Waals surface area contributed by atoms with E-state index in [2.05, 4.69) is 5.48 Å². The second-order valence-electron chi connectivity index (χ2n) is 5.34. The summed E-state index contributed by atoms with van der Waals surface area (Å²) in [6.07, 6.45) is 5.59. The summed E-state index contributed by atoms with van der Waals surface area (Å²) in [4.78, 5) is 19.3. The Labute approximate surface area is 134 Å². The molecule has 0 unspecified atom stereocenters. The van der Waals surface area contributed by atoms with Gasteiger partial charge in [0.2, 0.25) is 0 Å². The van der Waals surface area contributed by atoms with Crippen LogP contribution >= 0.6 is 0 Å². The summed E-state index contributed by atoms with van der Waals surface area (Å²) in [6, 6.07) is 6.82. The molecule has 3 rings (SSSR count). The Hall–Kier alpha value is -2.25. The second-order valence-corrected chi connectivity index (χ2v) is 5.34. The number of hydrogen-bond donors (Lipinski definition) is 1. The molecule has 7 nitrogen and oxygen atoms in total. The van der Waals surface area contributed by atoms with Gasteiger partial charge in [-0.2, -0.15) is 0 Å². The van der Waals surface area contributed by atoms with E-state index in [-0.39, 0.29) is 12.3 Å². The van der Waals surface area contributed by atoms with E-state index in [4.69, 9.17) is 18.4 Å². The SMILES string of the molecule is O=C(NO[C@H]1CCCCO1)N(Cc1ccco1)Cc1ccco1. The van der Waals surface area contributed by atoms with Crippen LogP contribution in [0.1, 0.15) is 30.8 Å². The van der Waals surface area contributed by atoms with Gasteiger partial charge in [0, 0.05) is 13.0 Å². The van der Waals surface area contributed by atoms with Crippen LogP contribution in [-0.4, -0.2) is 23.8 Å². The first-order valence-corrected chi connectivity index (χ1v) is 7.68. The number of nitrogens with one attached hydrogen (secondary N) is 1. The smallest absolute Gasteiger partial charge is 0.342 e. The highest BCUT2D eigenvalue weighted by Gasteiger charge is 2.20. The summed E-state index contributed by atoms with van der Waals surface area (Å²) in [7, 11) is 0. The first kappa shape index (κ1) is 15.6. The van der Waals surface area contributed by atoms with Gasteiger partial charge >= 0.3 is 6.03 Å². The maximum Gasteiger partial charge on any atom is 0.342 e. The number of amides is 2. The minimum absolute atomic E-state index is 0.314. The third-order valence-corrected chi connectivity index (χ3v) is 3.56. The van der Waals surface area contributed by atoms with Crippen LogP contribution in [0.25, 0.3) is 0 Å². The van der Waals surface area contributed by atoms with Crippen molar-refractivity contribution in [2.75, 3.05) is 6.61 Å². The Morgan fingerprint density at radius 3 is 2.39 bits per heavy atom. The Morgan fingerprint density at radius 1 is 1.17 bits per heavy atom. The van der Waals surface area contributed by atoms with Crippen LogP contribution in [0.5, 0.6) is 0 Å². The Morgan fingerprint density at radius 2 is 1.87 bits per heavy atom. The Kier molecular flexibility index (Phi) is 5.33. The monoisotopic (exact) mass is 320 g/mol. The van der Waals surface area contributed by atoms with E-state index >= 15 is 0 Å². The number of hydroxylamine groups is 1. The minimum atomic E-state index is -0.387. The molecule has 7 heteroatoms.